The minimum atomic E-state index is -3.46. The summed E-state index contributed by atoms with van der Waals surface area (Å²) < 4.78 is 60.9. The largest absolute Gasteiger partial charge is 0.380 e. The van der Waals surface area contributed by atoms with Gasteiger partial charge in [-0.2, -0.15) is 4.31 Å². The molecule has 1 saturated carbocycles. The maximum atomic E-state index is 14.0. The van der Waals surface area contributed by atoms with Crippen molar-refractivity contribution in [3.05, 3.63) is 17.5 Å². The van der Waals surface area contributed by atoms with Gasteiger partial charge in [0.1, 0.15) is 4.21 Å². The van der Waals surface area contributed by atoms with E-state index in [2.05, 4.69) is 0 Å². The average molecular weight is 421 g/mol. The molecule has 0 N–H and O–H groups in total. The molecule has 0 radical (unpaired) electrons. The van der Waals surface area contributed by atoms with Crippen LogP contribution in [0.15, 0.2) is 21.7 Å². The zero-order valence-corrected chi connectivity index (χ0v) is 16.9. The molecule has 0 amide bonds. The van der Waals surface area contributed by atoms with Gasteiger partial charge < -0.3 is 4.74 Å². The predicted octanol–water partition coefficient (Wildman–Crippen LogP) is 3.04. The lowest BCUT2D eigenvalue weighted by molar-refractivity contribution is 0.00450. The SMILES string of the molecule is O=S(=O)(c1cccs1)N1CCC(N2CC(F)(F)C[C@H]2COCC2CC2)CC1. The molecule has 2 aliphatic heterocycles. The summed E-state index contributed by atoms with van der Waals surface area (Å²) in [5.74, 6) is -2.07. The number of rotatable bonds is 7. The van der Waals surface area contributed by atoms with Crippen LogP contribution >= 0.6 is 11.3 Å². The third-order valence-corrected chi connectivity index (χ3v) is 9.03. The number of sulfonamides is 1. The highest BCUT2D eigenvalue weighted by Gasteiger charge is 2.48. The highest BCUT2D eigenvalue weighted by Crippen LogP contribution is 2.37. The summed E-state index contributed by atoms with van der Waals surface area (Å²) in [7, 11) is -3.46. The average Bonchev–Trinajstić information content (AvgIpc) is 3.16. The van der Waals surface area contributed by atoms with Crippen LogP contribution < -0.4 is 0 Å². The number of likely N-dealkylation sites (tertiary alicyclic amines) is 1. The van der Waals surface area contributed by atoms with E-state index in [9.17, 15) is 17.2 Å². The van der Waals surface area contributed by atoms with E-state index in [0.29, 0.717) is 49.3 Å². The molecule has 3 heterocycles. The normalized spacial score (nSPS) is 28.0. The van der Waals surface area contributed by atoms with Crippen molar-refractivity contribution < 1.29 is 21.9 Å². The second-order valence-electron chi connectivity index (χ2n) is 7.93. The van der Waals surface area contributed by atoms with Gasteiger partial charge in [-0.05, 0) is 43.0 Å². The molecule has 1 aliphatic carbocycles. The molecule has 3 aliphatic rings. The van der Waals surface area contributed by atoms with E-state index in [-0.39, 0.29) is 25.0 Å². The minimum absolute atomic E-state index is 0.0114. The van der Waals surface area contributed by atoms with Crippen LogP contribution in [0.2, 0.25) is 0 Å². The van der Waals surface area contributed by atoms with Crippen molar-refractivity contribution in [3.8, 4) is 0 Å². The molecular formula is C18H26F2N2O3S2. The first-order valence-electron chi connectivity index (χ1n) is 9.60. The van der Waals surface area contributed by atoms with Gasteiger partial charge in [0.15, 0.2) is 0 Å². The molecule has 9 heteroatoms. The highest BCUT2D eigenvalue weighted by atomic mass is 32.2. The molecule has 1 atom stereocenters. The summed E-state index contributed by atoms with van der Waals surface area (Å²) in [6.45, 7) is 1.53. The summed E-state index contributed by atoms with van der Waals surface area (Å²) in [5, 5.41) is 1.75. The van der Waals surface area contributed by atoms with Crippen LogP contribution in [0.4, 0.5) is 8.78 Å². The zero-order valence-electron chi connectivity index (χ0n) is 15.2. The van der Waals surface area contributed by atoms with Gasteiger partial charge in [0.2, 0.25) is 0 Å². The lowest BCUT2D eigenvalue weighted by Gasteiger charge is -2.38. The van der Waals surface area contributed by atoms with Crippen LogP contribution in [0, 0.1) is 5.92 Å². The number of thiophene rings is 1. The van der Waals surface area contributed by atoms with Gasteiger partial charge in [-0.15, -0.1) is 11.3 Å². The van der Waals surface area contributed by atoms with Gasteiger partial charge in [0.05, 0.1) is 13.2 Å². The number of halogens is 2. The van der Waals surface area contributed by atoms with Crippen molar-refractivity contribution in [2.75, 3.05) is 32.8 Å². The fourth-order valence-corrected chi connectivity index (χ4v) is 6.73. The second-order valence-corrected chi connectivity index (χ2v) is 11.0. The zero-order chi connectivity index (χ0) is 19.1. The van der Waals surface area contributed by atoms with E-state index in [0.717, 1.165) is 0 Å². The van der Waals surface area contributed by atoms with Crippen LogP contribution in [0.5, 0.6) is 0 Å². The molecule has 1 aromatic rings. The van der Waals surface area contributed by atoms with E-state index >= 15 is 0 Å². The molecule has 2 saturated heterocycles. The Hall–Kier alpha value is -0.610. The molecule has 0 aromatic carbocycles. The van der Waals surface area contributed by atoms with Gasteiger partial charge >= 0.3 is 0 Å². The number of piperidine rings is 1. The molecule has 5 nitrogen and oxygen atoms in total. The fourth-order valence-electron chi connectivity index (χ4n) is 4.11. The smallest absolute Gasteiger partial charge is 0.262 e. The molecule has 152 valence electrons. The molecule has 0 bridgehead atoms. The first kappa shape index (κ1) is 19.7. The molecule has 3 fully saturated rings. The Morgan fingerprint density at radius 1 is 1.19 bits per heavy atom. The second kappa shape index (κ2) is 7.67. The van der Waals surface area contributed by atoms with Crippen LogP contribution in [0.25, 0.3) is 0 Å². The molecule has 27 heavy (non-hydrogen) atoms. The van der Waals surface area contributed by atoms with Crippen LogP contribution in [-0.4, -0.2) is 68.5 Å². The summed E-state index contributed by atoms with van der Waals surface area (Å²) in [5.41, 5.74) is 0. The molecule has 0 spiro atoms. The van der Waals surface area contributed by atoms with Gasteiger partial charge in [-0.3, -0.25) is 4.90 Å². The van der Waals surface area contributed by atoms with Crippen molar-refractivity contribution in [2.45, 2.75) is 54.3 Å². The standard InChI is InChI=1S/C18H26F2N2O3S2/c19-18(20)10-16(12-25-11-14-3-4-14)22(13-18)15-5-7-21(8-6-15)27(23,24)17-2-1-9-26-17/h1-2,9,14-16H,3-8,10-13H2/t16-/m0/s1. The van der Waals surface area contributed by atoms with Crippen molar-refractivity contribution in [1.82, 2.24) is 9.21 Å². The Balaban J connectivity index is 1.35. The lowest BCUT2D eigenvalue weighted by Crippen LogP contribution is -2.49. The Bertz CT molecular complexity index is 730. The first-order valence-corrected chi connectivity index (χ1v) is 11.9. The summed E-state index contributed by atoms with van der Waals surface area (Å²) in [6.07, 6.45) is 3.37. The van der Waals surface area contributed by atoms with E-state index in [1.54, 1.807) is 17.5 Å². The Morgan fingerprint density at radius 2 is 1.93 bits per heavy atom. The van der Waals surface area contributed by atoms with Gasteiger partial charge in [-0.25, -0.2) is 17.2 Å². The minimum Gasteiger partial charge on any atom is -0.380 e. The van der Waals surface area contributed by atoms with Gasteiger partial charge in [0.25, 0.3) is 15.9 Å². The predicted molar refractivity (Wildman–Crippen MR) is 99.7 cm³/mol. The van der Waals surface area contributed by atoms with Crippen LogP contribution in [-0.2, 0) is 14.8 Å². The van der Waals surface area contributed by atoms with E-state index in [4.69, 9.17) is 4.74 Å². The van der Waals surface area contributed by atoms with Gasteiger partial charge in [-0.1, -0.05) is 6.07 Å². The number of alkyl halides is 2. The lowest BCUT2D eigenvalue weighted by atomic mass is 10.0. The fraction of sp³-hybridized carbons (Fsp3) is 0.778. The summed E-state index contributed by atoms with van der Waals surface area (Å²) in [6, 6.07) is 3.05. The van der Waals surface area contributed by atoms with E-state index in [1.165, 1.54) is 28.5 Å². The summed E-state index contributed by atoms with van der Waals surface area (Å²) in [4.78, 5) is 1.88. The maximum Gasteiger partial charge on any atom is 0.262 e. The molecule has 0 unspecified atom stereocenters. The number of hydrogen-bond donors (Lipinski definition) is 0. The van der Waals surface area contributed by atoms with Gasteiger partial charge in [0, 0.05) is 38.2 Å². The maximum absolute atomic E-state index is 14.0. The topological polar surface area (TPSA) is 49.9 Å². The number of ether oxygens (including phenoxy) is 1. The van der Waals surface area contributed by atoms with Crippen molar-refractivity contribution in [2.24, 2.45) is 5.92 Å². The van der Waals surface area contributed by atoms with E-state index in [1.807, 2.05) is 4.90 Å². The number of hydrogen-bond acceptors (Lipinski definition) is 5. The quantitative estimate of drug-likeness (QED) is 0.680. The highest BCUT2D eigenvalue weighted by molar-refractivity contribution is 7.91. The van der Waals surface area contributed by atoms with Crippen molar-refractivity contribution in [3.63, 3.8) is 0 Å². The van der Waals surface area contributed by atoms with Crippen LogP contribution in [0.1, 0.15) is 32.1 Å². The monoisotopic (exact) mass is 420 g/mol. The Labute approximate surface area is 163 Å². The Morgan fingerprint density at radius 3 is 2.56 bits per heavy atom. The molecule has 1 aromatic heterocycles. The Kier molecular flexibility index (Phi) is 5.59. The third-order valence-electron chi connectivity index (χ3n) is 5.76. The molecular weight excluding hydrogens is 394 g/mol. The third kappa shape index (κ3) is 4.53. The number of nitrogens with zero attached hydrogens (tertiary/aromatic N) is 2. The first-order chi connectivity index (χ1) is 12.9. The van der Waals surface area contributed by atoms with Crippen molar-refractivity contribution >= 4 is 21.4 Å². The van der Waals surface area contributed by atoms with E-state index < -0.39 is 15.9 Å². The van der Waals surface area contributed by atoms with Crippen molar-refractivity contribution in [1.29, 1.82) is 0 Å². The molecule has 4 rings (SSSR count). The summed E-state index contributed by atoms with van der Waals surface area (Å²) >= 11 is 1.21. The van der Waals surface area contributed by atoms with Crippen LogP contribution in [0.3, 0.4) is 0 Å².